The average Bonchev–Trinajstić information content (AvgIpc) is 2.37. The number of carbonyl (C=O) groups is 2. The van der Waals surface area contributed by atoms with E-state index in [2.05, 4.69) is 5.32 Å². The van der Waals surface area contributed by atoms with Gasteiger partial charge >= 0.3 is 11.9 Å². The number of nitrogens with one attached hydrogen (secondary N) is 2. The smallest absolute Gasteiger partial charge is 0.323 e. The van der Waals surface area contributed by atoms with Crippen LogP contribution >= 0.6 is 0 Å². The van der Waals surface area contributed by atoms with Crippen LogP contribution in [0.25, 0.3) is 0 Å². The summed E-state index contributed by atoms with van der Waals surface area (Å²) in [6.45, 7) is 0.989. The Morgan fingerprint density at radius 3 is 2.24 bits per heavy atom. The lowest BCUT2D eigenvalue weighted by Crippen LogP contribution is -2.47. The Balaban J connectivity index is 2.79. The van der Waals surface area contributed by atoms with Gasteiger partial charge in [0.15, 0.2) is 0 Å². The summed E-state index contributed by atoms with van der Waals surface area (Å²) >= 11 is 0. The monoisotopic (exact) mass is 316 g/mol. The third-order valence-corrected chi connectivity index (χ3v) is 4.04. The van der Waals surface area contributed by atoms with E-state index < -0.39 is 34.5 Å². The van der Waals surface area contributed by atoms with E-state index in [1.54, 1.807) is 19.1 Å². The summed E-state index contributed by atoms with van der Waals surface area (Å²) in [7, 11) is -3.99. The highest BCUT2D eigenvalue weighted by molar-refractivity contribution is 7.89. The van der Waals surface area contributed by atoms with Crippen molar-refractivity contribution in [3.05, 3.63) is 29.8 Å². The second-order valence-corrected chi connectivity index (χ2v) is 6.06. The molecule has 116 valence electrons. The fourth-order valence-corrected chi connectivity index (χ4v) is 2.66. The molecule has 0 amide bonds. The molecular formula is C12H16N2O6S. The average molecular weight is 316 g/mol. The van der Waals surface area contributed by atoms with Gasteiger partial charge in [-0.05, 0) is 19.1 Å². The summed E-state index contributed by atoms with van der Waals surface area (Å²) in [5.74, 6) is -2.57. The Morgan fingerprint density at radius 1 is 1.19 bits per heavy atom. The molecule has 21 heavy (non-hydrogen) atoms. The quantitative estimate of drug-likeness (QED) is 0.503. The molecule has 0 aromatic heterocycles. The first kappa shape index (κ1) is 17.1. The van der Waals surface area contributed by atoms with Crippen LogP contribution < -0.4 is 10.0 Å². The molecule has 0 saturated carbocycles. The second kappa shape index (κ2) is 7.16. The van der Waals surface area contributed by atoms with E-state index in [1.807, 2.05) is 4.72 Å². The van der Waals surface area contributed by atoms with Crippen LogP contribution in [0.3, 0.4) is 0 Å². The van der Waals surface area contributed by atoms with Crippen LogP contribution in [0.4, 0.5) is 0 Å². The molecule has 0 fully saturated rings. The molecule has 4 N–H and O–H groups in total. The summed E-state index contributed by atoms with van der Waals surface area (Å²) in [6, 6.07) is 4.44. The molecule has 0 heterocycles. The molecule has 0 spiro atoms. The van der Waals surface area contributed by atoms with Crippen molar-refractivity contribution in [2.24, 2.45) is 0 Å². The number of sulfonamides is 1. The van der Waals surface area contributed by atoms with E-state index in [1.165, 1.54) is 12.1 Å². The number of carboxylic acid groups (broad SMARTS) is 2. The minimum Gasteiger partial charge on any atom is -0.480 e. The van der Waals surface area contributed by atoms with Gasteiger partial charge in [0.2, 0.25) is 10.0 Å². The molecule has 1 unspecified atom stereocenters. The lowest BCUT2D eigenvalue weighted by Gasteiger charge is -2.15. The van der Waals surface area contributed by atoms with Crippen molar-refractivity contribution in [1.29, 1.82) is 0 Å². The van der Waals surface area contributed by atoms with Crippen LogP contribution in [0.15, 0.2) is 29.2 Å². The zero-order valence-electron chi connectivity index (χ0n) is 11.2. The Bertz CT molecular complexity index is 611. The minimum absolute atomic E-state index is 0.0578. The number of benzene rings is 1. The van der Waals surface area contributed by atoms with Gasteiger partial charge in [0.25, 0.3) is 0 Å². The van der Waals surface area contributed by atoms with Gasteiger partial charge < -0.3 is 15.5 Å². The van der Waals surface area contributed by atoms with E-state index in [0.717, 1.165) is 5.56 Å². The highest BCUT2D eigenvalue weighted by Gasteiger charge is 2.25. The SMILES string of the molecule is Cc1ccc(S(=O)(=O)NC(CNCC(=O)O)C(=O)O)cc1. The molecule has 1 atom stereocenters. The summed E-state index contributed by atoms with van der Waals surface area (Å²) in [6.07, 6.45) is 0. The van der Waals surface area contributed by atoms with Gasteiger partial charge in [-0.15, -0.1) is 0 Å². The Labute approximate surface area is 121 Å². The zero-order chi connectivity index (χ0) is 16.0. The van der Waals surface area contributed by atoms with Crippen LogP contribution in [0.5, 0.6) is 0 Å². The van der Waals surface area contributed by atoms with Gasteiger partial charge in [-0.1, -0.05) is 17.7 Å². The lowest BCUT2D eigenvalue weighted by molar-refractivity contribution is -0.140. The van der Waals surface area contributed by atoms with Crippen molar-refractivity contribution < 1.29 is 28.2 Å². The third-order valence-electron chi connectivity index (χ3n) is 2.55. The molecule has 0 saturated heterocycles. The maximum absolute atomic E-state index is 12.0. The van der Waals surface area contributed by atoms with Crippen molar-refractivity contribution in [3.63, 3.8) is 0 Å². The first-order chi connectivity index (χ1) is 9.72. The first-order valence-electron chi connectivity index (χ1n) is 5.96. The second-order valence-electron chi connectivity index (χ2n) is 4.35. The number of hydrogen-bond donors (Lipinski definition) is 4. The van der Waals surface area contributed by atoms with E-state index in [9.17, 15) is 18.0 Å². The number of hydrogen-bond acceptors (Lipinski definition) is 5. The standard InChI is InChI=1S/C12H16N2O6S/c1-8-2-4-9(5-3-8)21(19,20)14-10(12(17)18)6-13-7-11(15)16/h2-5,10,13-14H,6-7H2,1H3,(H,15,16)(H,17,18). The lowest BCUT2D eigenvalue weighted by atomic mass is 10.2. The van der Waals surface area contributed by atoms with Gasteiger partial charge in [-0.2, -0.15) is 4.72 Å². The van der Waals surface area contributed by atoms with Gasteiger partial charge in [-0.25, -0.2) is 8.42 Å². The summed E-state index contributed by atoms with van der Waals surface area (Å²) in [5.41, 5.74) is 0.867. The van der Waals surface area contributed by atoms with Crippen molar-refractivity contribution in [2.45, 2.75) is 17.9 Å². The molecule has 8 nitrogen and oxygen atoms in total. The highest BCUT2D eigenvalue weighted by atomic mass is 32.2. The number of aryl methyl sites for hydroxylation is 1. The summed E-state index contributed by atoms with van der Waals surface area (Å²) in [5, 5.41) is 19.8. The van der Waals surface area contributed by atoms with E-state index >= 15 is 0 Å². The number of aliphatic carboxylic acids is 2. The van der Waals surface area contributed by atoms with Gasteiger partial charge in [-0.3, -0.25) is 9.59 Å². The molecule has 1 aromatic rings. The van der Waals surface area contributed by atoms with Crippen molar-refractivity contribution in [2.75, 3.05) is 13.1 Å². The van der Waals surface area contributed by atoms with E-state index in [0.29, 0.717) is 0 Å². The molecule has 0 aliphatic rings. The minimum atomic E-state index is -3.99. The van der Waals surface area contributed by atoms with E-state index in [4.69, 9.17) is 10.2 Å². The summed E-state index contributed by atoms with van der Waals surface area (Å²) in [4.78, 5) is 21.3. The van der Waals surface area contributed by atoms with Crippen molar-refractivity contribution in [1.82, 2.24) is 10.0 Å². The fourth-order valence-electron chi connectivity index (χ4n) is 1.48. The number of rotatable bonds is 8. The highest BCUT2D eigenvalue weighted by Crippen LogP contribution is 2.10. The molecular weight excluding hydrogens is 300 g/mol. The Hall–Kier alpha value is -1.97. The van der Waals surface area contributed by atoms with Crippen LogP contribution in [0, 0.1) is 6.92 Å². The molecule has 0 aliphatic carbocycles. The Morgan fingerprint density at radius 2 is 1.76 bits per heavy atom. The van der Waals surface area contributed by atoms with Crippen LogP contribution in [0.1, 0.15) is 5.56 Å². The predicted molar refractivity (Wildman–Crippen MR) is 73.4 cm³/mol. The third kappa shape index (κ3) is 5.50. The topological polar surface area (TPSA) is 133 Å². The van der Waals surface area contributed by atoms with Crippen LogP contribution in [-0.2, 0) is 19.6 Å². The molecule has 9 heteroatoms. The molecule has 1 rings (SSSR count). The zero-order valence-corrected chi connectivity index (χ0v) is 12.1. The van der Waals surface area contributed by atoms with Crippen LogP contribution in [0.2, 0.25) is 0 Å². The van der Waals surface area contributed by atoms with Gasteiger partial charge in [0, 0.05) is 6.54 Å². The van der Waals surface area contributed by atoms with Gasteiger partial charge in [0.05, 0.1) is 11.4 Å². The maximum atomic E-state index is 12.0. The molecule has 0 bridgehead atoms. The molecule has 0 aliphatic heterocycles. The summed E-state index contributed by atoms with van der Waals surface area (Å²) < 4.78 is 26.1. The largest absolute Gasteiger partial charge is 0.480 e. The maximum Gasteiger partial charge on any atom is 0.323 e. The van der Waals surface area contributed by atoms with Crippen molar-refractivity contribution in [3.8, 4) is 0 Å². The van der Waals surface area contributed by atoms with Crippen LogP contribution in [-0.4, -0.2) is 49.7 Å². The van der Waals surface area contributed by atoms with Gasteiger partial charge in [0.1, 0.15) is 6.04 Å². The molecule has 0 radical (unpaired) electrons. The fraction of sp³-hybridized carbons (Fsp3) is 0.333. The first-order valence-corrected chi connectivity index (χ1v) is 7.45. The van der Waals surface area contributed by atoms with Crippen molar-refractivity contribution >= 4 is 22.0 Å². The molecule has 1 aromatic carbocycles. The number of carboxylic acids is 2. The normalized spacial score (nSPS) is 12.8. The van der Waals surface area contributed by atoms with E-state index in [-0.39, 0.29) is 11.4 Å². The Kier molecular flexibility index (Phi) is 5.82. The predicted octanol–water partition coefficient (Wildman–Crippen LogP) is -0.599.